The molecule has 1 amide bonds. The summed E-state index contributed by atoms with van der Waals surface area (Å²) in [6, 6.07) is 14.5. The number of benzene rings is 2. The van der Waals surface area contributed by atoms with Gasteiger partial charge in [-0.3, -0.25) is 9.69 Å². The van der Waals surface area contributed by atoms with Gasteiger partial charge in [0, 0.05) is 22.3 Å². The summed E-state index contributed by atoms with van der Waals surface area (Å²) in [4.78, 5) is 16.7. The monoisotopic (exact) mass is 486 g/mol. The van der Waals surface area contributed by atoms with E-state index in [0.717, 1.165) is 36.4 Å². The number of carbonyl (C=O) groups is 1. The molecule has 0 unspecified atom stereocenters. The third-order valence-electron chi connectivity index (χ3n) is 5.38. The summed E-state index contributed by atoms with van der Waals surface area (Å²) >= 11 is 8.47. The zero-order chi connectivity index (χ0) is 21.0. The Morgan fingerprint density at radius 1 is 1.20 bits per heavy atom. The summed E-state index contributed by atoms with van der Waals surface area (Å²) in [7, 11) is 3.31. The molecule has 0 saturated carbocycles. The van der Waals surface area contributed by atoms with E-state index in [1.165, 1.54) is 33.7 Å². The van der Waals surface area contributed by atoms with Gasteiger partial charge in [0.1, 0.15) is 3.82 Å². The number of thioether (sulfide) groups is 1. The largest absolute Gasteiger partial charge is 0.292 e. The first-order chi connectivity index (χ1) is 14.4. The average Bonchev–Trinajstić information content (AvgIpc) is 3.31. The van der Waals surface area contributed by atoms with Gasteiger partial charge in [0.15, 0.2) is 0 Å². The normalized spacial score (nSPS) is 14.6. The fourth-order valence-electron chi connectivity index (χ4n) is 3.91. The highest BCUT2D eigenvalue weighted by atomic mass is 32.9. The van der Waals surface area contributed by atoms with E-state index in [2.05, 4.69) is 55.5 Å². The third-order valence-corrected chi connectivity index (χ3v) is 10.4. The molecule has 30 heavy (non-hydrogen) atoms. The van der Waals surface area contributed by atoms with Crippen LogP contribution in [0.25, 0.3) is 21.2 Å². The predicted octanol–water partition coefficient (Wildman–Crippen LogP) is 8.23. The second kappa shape index (κ2) is 7.53. The number of aromatic nitrogens is 1. The van der Waals surface area contributed by atoms with E-state index >= 15 is 0 Å². The quantitative estimate of drug-likeness (QED) is 0.211. The number of hydrogen-bond acceptors (Lipinski definition) is 7. The van der Waals surface area contributed by atoms with Gasteiger partial charge in [-0.25, -0.2) is 0 Å². The van der Waals surface area contributed by atoms with Crippen LogP contribution in [0.2, 0.25) is 0 Å². The number of hydrogen-bond donors (Lipinski definition) is 0. The minimum absolute atomic E-state index is 0.0390. The summed E-state index contributed by atoms with van der Waals surface area (Å²) < 4.78 is 6.65. The fraction of sp³-hybridized carbons (Fsp3) is 0.227. The molecule has 152 valence electrons. The molecule has 0 bridgehead atoms. The maximum absolute atomic E-state index is 13.6. The molecule has 2 aromatic carbocycles. The van der Waals surface area contributed by atoms with E-state index in [1.807, 2.05) is 17.0 Å². The van der Waals surface area contributed by atoms with Crippen molar-refractivity contribution in [1.82, 2.24) is 4.37 Å². The van der Waals surface area contributed by atoms with Gasteiger partial charge < -0.3 is 0 Å². The van der Waals surface area contributed by atoms with Gasteiger partial charge in [-0.2, -0.15) is 4.37 Å². The van der Waals surface area contributed by atoms with Crippen LogP contribution in [0.5, 0.6) is 0 Å². The van der Waals surface area contributed by atoms with Gasteiger partial charge in [0.25, 0.3) is 5.24 Å². The van der Waals surface area contributed by atoms with E-state index in [9.17, 15) is 4.79 Å². The lowest BCUT2D eigenvalue weighted by atomic mass is 9.87. The second-order valence-corrected chi connectivity index (χ2v) is 12.3. The Morgan fingerprint density at radius 3 is 2.83 bits per heavy atom. The number of rotatable bonds is 2. The van der Waals surface area contributed by atoms with Gasteiger partial charge in [0.2, 0.25) is 0 Å². The molecule has 0 spiro atoms. The van der Waals surface area contributed by atoms with Crippen LogP contribution in [0, 0.1) is 10.7 Å². The Balaban J connectivity index is 1.53. The molecule has 4 aromatic rings. The topological polar surface area (TPSA) is 33.2 Å². The highest BCUT2D eigenvalue weighted by Crippen LogP contribution is 2.53. The van der Waals surface area contributed by atoms with Crippen molar-refractivity contribution in [3.05, 3.63) is 62.4 Å². The molecule has 3 heterocycles. The van der Waals surface area contributed by atoms with Gasteiger partial charge >= 0.3 is 0 Å². The smallest absolute Gasteiger partial charge is 0.287 e. The lowest BCUT2D eigenvalue weighted by molar-refractivity contribution is 0.259. The Kier molecular flexibility index (Phi) is 5.10. The van der Waals surface area contributed by atoms with Crippen LogP contribution >= 0.6 is 56.2 Å². The van der Waals surface area contributed by atoms with Crippen LogP contribution < -0.4 is 4.90 Å². The molecular formula is C22H18N2OS5. The maximum Gasteiger partial charge on any atom is 0.287 e. The second-order valence-electron chi connectivity index (χ2n) is 7.75. The molecule has 5 rings (SSSR count). The van der Waals surface area contributed by atoms with Crippen LogP contribution in [-0.2, 0) is 11.3 Å². The van der Waals surface area contributed by atoms with Gasteiger partial charge in [-0.15, -0.1) is 0 Å². The fourth-order valence-corrected chi connectivity index (χ4v) is 9.00. The molecule has 0 saturated heterocycles. The summed E-state index contributed by atoms with van der Waals surface area (Å²) in [5.41, 5.74) is 4.82. The van der Waals surface area contributed by atoms with Gasteiger partial charge in [-0.05, 0) is 50.5 Å². The number of anilines is 1. The predicted molar refractivity (Wildman–Crippen MR) is 135 cm³/mol. The standard InChI is InChI=1S/C22H18N2OS5/c1-12-8-9-16-14(10-12)18-19(29-30-20(18)26)22(2,3)24(16)21(25)27-11-15-13-6-4-5-7-17(13)28-23-15/h4-10H,11H2,1-3H3. The lowest BCUT2D eigenvalue weighted by Crippen LogP contribution is -2.46. The summed E-state index contributed by atoms with van der Waals surface area (Å²) in [5, 5.41) is 1.17. The number of nitrogens with zero attached hydrogens (tertiary/aromatic N) is 2. The number of aryl methyl sites for hydroxylation is 1. The molecule has 0 atom stereocenters. The minimum atomic E-state index is -0.454. The third kappa shape index (κ3) is 3.17. The number of carbonyl (C=O) groups excluding carboxylic acids is 1. The van der Waals surface area contributed by atoms with Crippen molar-refractivity contribution in [2.45, 2.75) is 32.1 Å². The van der Waals surface area contributed by atoms with Crippen molar-refractivity contribution in [2.75, 3.05) is 4.90 Å². The Hall–Kier alpha value is -1.58. The van der Waals surface area contributed by atoms with E-state index in [-0.39, 0.29) is 5.24 Å². The first-order valence-corrected chi connectivity index (χ1v) is 13.7. The number of fused-ring (bicyclic) bond motifs is 4. The molecule has 0 aliphatic carbocycles. The van der Waals surface area contributed by atoms with Crippen molar-refractivity contribution in [3.8, 4) is 11.1 Å². The molecule has 1 aliphatic rings. The Labute approximate surface area is 195 Å². The molecule has 1 aliphatic heterocycles. The zero-order valence-corrected chi connectivity index (χ0v) is 20.7. The zero-order valence-electron chi connectivity index (χ0n) is 16.6. The molecular weight excluding hydrogens is 469 g/mol. The van der Waals surface area contributed by atoms with Gasteiger partial charge in [-0.1, -0.05) is 74.5 Å². The Bertz CT molecular complexity index is 1350. The van der Waals surface area contributed by atoms with E-state index < -0.39 is 5.54 Å². The summed E-state index contributed by atoms with van der Waals surface area (Å²) in [6.45, 7) is 6.31. The summed E-state index contributed by atoms with van der Waals surface area (Å²) in [5.74, 6) is 0.558. The van der Waals surface area contributed by atoms with E-state index in [4.69, 9.17) is 12.2 Å². The summed E-state index contributed by atoms with van der Waals surface area (Å²) in [6.07, 6.45) is 0. The first-order valence-electron chi connectivity index (χ1n) is 9.43. The number of amides is 1. The van der Waals surface area contributed by atoms with Crippen molar-refractivity contribution in [2.24, 2.45) is 0 Å². The maximum atomic E-state index is 13.6. The van der Waals surface area contributed by atoms with Crippen molar-refractivity contribution >= 4 is 77.2 Å². The van der Waals surface area contributed by atoms with Crippen LogP contribution in [0.3, 0.4) is 0 Å². The van der Waals surface area contributed by atoms with E-state index in [0.29, 0.717) is 5.75 Å². The van der Waals surface area contributed by atoms with Crippen LogP contribution in [0.4, 0.5) is 10.5 Å². The molecule has 8 heteroatoms. The highest BCUT2D eigenvalue weighted by molar-refractivity contribution is 8.13. The molecule has 0 N–H and O–H groups in total. The van der Waals surface area contributed by atoms with Crippen molar-refractivity contribution < 1.29 is 4.79 Å². The van der Waals surface area contributed by atoms with Gasteiger partial charge in [0.05, 0.1) is 26.5 Å². The molecule has 2 aromatic heterocycles. The minimum Gasteiger partial charge on any atom is -0.292 e. The molecule has 3 nitrogen and oxygen atoms in total. The van der Waals surface area contributed by atoms with Crippen molar-refractivity contribution in [1.29, 1.82) is 0 Å². The van der Waals surface area contributed by atoms with Crippen LogP contribution in [0.1, 0.15) is 30.0 Å². The van der Waals surface area contributed by atoms with Crippen molar-refractivity contribution in [3.63, 3.8) is 0 Å². The Morgan fingerprint density at radius 2 is 2.00 bits per heavy atom. The van der Waals surface area contributed by atoms with Crippen LogP contribution in [-0.4, -0.2) is 9.61 Å². The lowest BCUT2D eigenvalue weighted by Gasteiger charge is -2.42. The average molecular weight is 487 g/mol. The van der Waals surface area contributed by atoms with E-state index in [1.54, 1.807) is 20.7 Å². The highest BCUT2D eigenvalue weighted by Gasteiger charge is 2.43. The SMILES string of the molecule is Cc1ccc2c(c1)-c1c(ssc1=S)C(C)(C)N2C(=O)SCc1nsc2ccccc12. The first kappa shape index (κ1) is 20.3. The molecule has 0 radical (unpaired) electrons. The van der Waals surface area contributed by atoms with Crippen LogP contribution in [0.15, 0.2) is 42.5 Å². The molecule has 0 fully saturated rings.